The summed E-state index contributed by atoms with van der Waals surface area (Å²) in [6, 6.07) is 11.1. The predicted molar refractivity (Wildman–Crippen MR) is 89.8 cm³/mol. The van der Waals surface area contributed by atoms with Crippen molar-refractivity contribution in [3.63, 3.8) is 0 Å². The number of rotatable bonds is 3. The summed E-state index contributed by atoms with van der Waals surface area (Å²) in [5.74, 6) is 0.461. The SMILES string of the molecule is Cc1ccc(C(=O)N2CCC(Oc3cc(C#N)ccn3)C2)cc1C. The zero-order valence-electron chi connectivity index (χ0n) is 13.8. The Kier molecular flexibility index (Phi) is 4.48. The van der Waals surface area contributed by atoms with E-state index in [-0.39, 0.29) is 12.0 Å². The second kappa shape index (κ2) is 6.71. The number of aromatic nitrogens is 1. The smallest absolute Gasteiger partial charge is 0.253 e. The van der Waals surface area contributed by atoms with Gasteiger partial charge >= 0.3 is 0 Å². The van der Waals surface area contributed by atoms with Gasteiger partial charge in [0.2, 0.25) is 5.88 Å². The Morgan fingerprint density at radius 3 is 2.88 bits per heavy atom. The normalized spacial score (nSPS) is 16.7. The van der Waals surface area contributed by atoms with Gasteiger partial charge in [0.1, 0.15) is 6.10 Å². The first-order chi connectivity index (χ1) is 11.6. The molecule has 0 bridgehead atoms. The van der Waals surface area contributed by atoms with Crippen molar-refractivity contribution in [1.82, 2.24) is 9.88 Å². The molecule has 122 valence electrons. The van der Waals surface area contributed by atoms with Crippen LogP contribution in [0.1, 0.15) is 33.5 Å². The van der Waals surface area contributed by atoms with Crippen LogP contribution in [-0.4, -0.2) is 35.0 Å². The van der Waals surface area contributed by atoms with Crippen LogP contribution in [0.5, 0.6) is 5.88 Å². The molecular formula is C19H19N3O2. The lowest BCUT2D eigenvalue weighted by Gasteiger charge is -2.17. The third-order valence-electron chi connectivity index (χ3n) is 4.34. The summed E-state index contributed by atoms with van der Waals surface area (Å²) in [4.78, 5) is 18.6. The van der Waals surface area contributed by atoms with Crippen LogP contribution in [0.2, 0.25) is 0 Å². The largest absolute Gasteiger partial charge is 0.472 e. The Labute approximate surface area is 141 Å². The molecule has 0 aliphatic carbocycles. The van der Waals surface area contributed by atoms with Crippen LogP contribution < -0.4 is 4.74 Å². The molecule has 0 spiro atoms. The number of pyridine rings is 1. The number of amides is 1. The molecule has 0 saturated carbocycles. The standard InChI is InChI=1S/C19H19N3O2/c1-13-3-4-16(9-14(13)2)19(23)22-8-6-17(12-22)24-18-10-15(11-20)5-7-21-18/h3-5,7,9-10,17H,6,8,12H2,1-2H3. The van der Waals surface area contributed by atoms with Crippen LogP contribution >= 0.6 is 0 Å². The summed E-state index contributed by atoms with van der Waals surface area (Å²) in [7, 11) is 0. The number of nitrogens with zero attached hydrogens (tertiary/aromatic N) is 3. The van der Waals surface area contributed by atoms with Gasteiger partial charge in [-0.1, -0.05) is 6.07 Å². The van der Waals surface area contributed by atoms with Crippen molar-refractivity contribution in [3.8, 4) is 11.9 Å². The molecule has 1 aliphatic heterocycles. The Balaban J connectivity index is 1.65. The molecule has 0 N–H and O–H groups in total. The highest BCUT2D eigenvalue weighted by Gasteiger charge is 2.28. The fraction of sp³-hybridized carbons (Fsp3) is 0.316. The number of aryl methyl sites for hydroxylation is 2. The van der Waals surface area contributed by atoms with E-state index in [4.69, 9.17) is 10.00 Å². The molecule has 5 heteroatoms. The maximum Gasteiger partial charge on any atom is 0.253 e. The number of carbonyl (C=O) groups excluding carboxylic acids is 1. The molecular weight excluding hydrogens is 302 g/mol. The average Bonchev–Trinajstić information content (AvgIpc) is 3.05. The van der Waals surface area contributed by atoms with Gasteiger partial charge in [-0.3, -0.25) is 4.79 Å². The summed E-state index contributed by atoms with van der Waals surface area (Å²) < 4.78 is 5.82. The van der Waals surface area contributed by atoms with E-state index in [0.717, 1.165) is 12.0 Å². The highest BCUT2D eigenvalue weighted by molar-refractivity contribution is 5.94. The Morgan fingerprint density at radius 2 is 2.12 bits per heavy atom. The highest BCUT2D eigenvalue weighted by Crippen LogP contribution is 2.20. The second-order valence-corrected chi connectivity index (χ2v) is 6.07. The van der Waals surface area contributed by atoms with Gasteiger partial charge in [-0.05, 0) is 43.2 Å². The van der Waals surface area contributed by atoms with Gasteiger partial charge in [0.25, 0.3) is 5.91 Å². The minimum Gasteiger partial charge on any atom is -0.472 e. The summed E-state index contributed by atoms with van der Waals surface area (Å²) in [5.41, 5.74) is 3.52. The second-order valence-electron chi connectivity index (χ2n) is 6.07. The van der Waals surface area contributed by atoms with Crippen LogP contribution in [0, 0.1) is 25.2 Å². The van der Waals surface area contributed by atoms with Crippen LogP contribution in [0.25, 0.3) is 0 Å². The van der Waals surface area contributed by atoms with E-state index in [1.54, 1.807) is 18.3 Å². The quantitative estimate of drug-likeness (QED) is 0.872. The monoisotopic (exact) mass is 321 g/mol. The highest BCUT2D eigenvalue weighted by atomic mass is 16.5. The summed E-state index contributed by atoms with van der Waals surface area (Å²) in [5, 5.41) is 8.92. The van der Waals surface area contributed by atoms with Gasteiger partial charge < -0.3 is 9.64 Å². The zero-order valence-corrected chi connectivity index (χ0v) is 13.8. The van der Waals surface area contributed by atoms with Gasteiger partial charge in [0.05, 0.1) is 18.2 Å². The fourth-order valence-corrected chi connectivity index (χ4v) is 2.78. The molecule has 1 atom stereocenters. The molecule has 1 aromatic heterocycles. The van der Waals surface area contributed by atoms with Crippen molar-refractivity contribution in [1.29, 1.82) is 5.26 Å². The van der Waals surface area contributed by atoms with E-state index in [1.165, 1.54) is 5.56 Å². The maximum atomic E-state index is 12.6. The first kappa shape index (κ1) is 16.0. The number of benzene rings is 1. The molecule has 3 rings (SSSR count). The molecule has 5 nitrogen and oxygen atoms in total. The molecule has 24 heavy (non-hydrogen) atoms. The number of hydrogen-bond acceptors (Lipinski definition) is 4. The minimum absolute atomic E-state index is 0.0305. The molecule has 1 amide bonds. The van der Waals surface area contributed by atoms with Crippen molar-refractivity contribution in [2.24, 2.45) is 0 Å². The van der Waals surface area contributed by atoms with Crippen molar-refractivity contribution in [2.75, 3.05) is 13.1 Å². The van der Waals surface area contributed by atoms with E-state index >= 15 is 0 Å². The Hall–Kier alpha value is -2.87. The number of hydrogen-bond donors (Lipinski definition) is 0. The summed E-state index contributed by atoms with van der Waals surface area (Å²) >= 11 is 0. The van der Waals surface area contributed by atoms with E-state index in [2.05, 4.69) is 11.1 Å². The summed E-state index contributed by atoms with van der Waals surface area (Å²) in [6.07, 6.45) is 2.22. The van der Waals surface area contributed by atoms with E-state index < -0.39 is 0 Å². The molecule has 1 unspecified atom stereocenters. The predicted octanol–water partition coefficient (Wildman–Crippen LogP) is 2.86. The summed E-state index contributed by atoms with van der Waals surface area (Å²) in [6.45, 7) is 5.24. The fourth-order valence-electron chi connectivity index (χ4n) is 2.78. The maximum absolute atomic E-state index is 12.6. The zero-order chi connectivity index (χ0) is 17.1. The number of carbonyl (C=O) groups is 1. The van der Waals surface area contributed by atoms with Gasteiger partial charge in [0.15, 0.2) is 0 Å². The number of nitriles is 1. The minimum atomic E-state index is -0.0954. The van der Waals surface area contributed by atoms with E-state index in [0.29, 0.717) is 30.1 Å². The van der Waals surface area contributed by atoms with E-state index in [1.807, 2.05) is 36.9 Å². The number of ether oxygens (including phenoxy) is 1. The lowest BCUT2D eigenvalue weighted by Crippen LogP contribution is -2.31. The Bertz CT molecular complexity index is 810. The molecule has 1 fully saturated rings. The third kappa shape index (κ3) is 3.38. The van der Waals surface area contributed by atoms with Crippen LogP contribution in [0.15, 0.2) is 36.5 Å². The Morgan fingerprint density at radius 1 is 1.29 bits per heavy atom. The molecule has 2 heterocycles. The first-order valence-corrected chi connectivity index (χ1v) is 7.96. The average molecular weight is 321 g/mol. The van der Waals surface area contributed by atoms with Gasteiger partial charge in [0, 0.05) is 30.8 Å². The molecule has 0 radical (unpaired) electrons. The van der Waals surface area contributed by atoms with Gasteiger partial charge in [-0.2, -0.15) is 5.26 Å². The third-order valence-corrected chi connectivity index (χ3v) is 4.34. The van der Waals surface area contributed by atoms with Crippen molar-refractivity contribution >= 4 is 5.91 Å². The first-order valence-electron chi connectivity index (χ1n) is 7.96. The lowest BCUT2D eigenvalue weighted by molar-refractivity contribution is 0.0771. The van der Waals surface area contributed by atoms with Gasteiger partial charge in [-0.15, -0.1) is 0 Å². The topological polar surface area (TPSA) is 66.2 Å². The van der Waals surface area contributed by atoms with E-state index in [9.17, 15) is 4.79 Å². The lowest BCUT2D eigenvalue weighted by atomic mass is 10.1. The molecule has 2 aromatic rings. The van der Waals surface area contributed by atoms with Crippen molar-refractivity contribution in [2.45, 2.75) is 26.4 Å². The van der Waals surface area contributed by atoms with Crippen LogP contribution in [0.3, 0.4) is 0 Å². The van der Waals surface area contributed by atoms with Crippen molar-refractivity contribution in [3.05, 3.63) is 58.8 Å². The molecule has 1 saturated heterocycles. The molecule has 1 aromatic carbocycles. The number of likely N-dealkylation sites (tertiary alicyclic amines) is 1. The van der Waals surface area contributed by atoms with Crippen molar-refractivity contribution < 1.29 is 9.53 Å². The van der Waals surface area contributed by atoms with Crippen LogP contribution in [0.4, 0.5) is 0 Å². The molecule has 1 aliphatic rings. The van der Waals surface area contributed by atoms with Gasteiger partial charge in [-0.25, -0.2) is 4.98 Å². The van der Waals surface area contributed by atoms with Crippen LogP contribution in [-0.2, 0) is 0 Å².